The standard InChI is InChI=1S/C16H21ClN2O3/c17-14-3-1-13(2-4-14)11-19-15(20)16(21)22-10-7-12-5-8-18-9-6-12/h1-4,12,18H,5-11H2,(H,19,20). The summed E-state index contributed by atoms with van der Waals surface area (Å²) in [5.74, 6) is -0.950. The summed E-state index contributed by atoms with van der Waals surface area (Å²) in [5.41, 5.74) is 0.875. The molecule has 0 bridgehead atoms. The molecule has 0 spiro atoms. The molecule has 120 valence electrons. The van der Waals surface area contributed by atoms with Gasteiger partial charge in [0, 0.05) is 11.6 Å². The number of ether oxygens (including phenoxy) is 1. The van der Waals surface area contributed by atoms with Gasteiger partial charge in [-0.1, -0.05) is 23.7 Å². The van der Waals surface area contributed by atoms with E-state index in [1.54, 1.807) is 24.3 Å². The van der Waals surface area contributed by atoms with Crippen LogP contribution < -0.4 is 10.6 Å². The minimum atomic E-state index is -0.817. The molecular weight excluding hydrogens is 304 g/mol. The van der Waals surface area contributed by atoms with E-state index in [9.17, 15) is 9.59 Å². The van der Waals surface area contributed by atoms with Gasteiger partial charge in [-0.3, -0.25) is 4.79 Å². The topological polar surface area (TPSA) is 67.4 Å². The van der Waals surface area contributed by atoms with Gasteiger partial charge < -0.3 is 15.4 Å². The van der Waals surface area contributed by atoms with E-state index in [-0.39, 0.29) is 6.54 Å². The Labute approximate surface area is 135 Å². The number of hydrogen-bond donors (Lipinski definition) is 2. The number of amides is 1. The Bertz CT molecular complexity index is 499. The van der Waals surface area contributed by atoms with Crippen LogP contribution in [-0.2, 0) is 20.9 Å². The van der Waals surface area contributed by atoms with E-state index in [0.29, 0.717) is 17.5 Å². The van der Waals surface area contributed by atoms with Crippen molar-refractivity contribution in [3.8, 4) is 0 Å². The third kappa shape index (κ3) is 5.66. The van der Waals surface area contributed by atoms with Crippen LogP contribution in [0.5, 0.6) is 0 Å². The highest BCUT2D eigenvalue weighted by molar-refractivity contribution is 6.32. The van der Waals surface area contributed by atoms with Crippen LogP contribution in [0, 0.1) is 5.92 Å². The molecule has 1 amide bonds. The fraction of sp³-hybridized carbons (Fsp3) is 0.500. The number of nitrogens with one attached hydrogen (secondary N) is 2. The van der Waals surface area contributed by atoms with Crippen LogP contribution in [0.25, 0.3) is 0 Å². The molecule has 0 saturated carbocycles. The summed E-state index contributed by atoms with van der Waals surface area (Å²) in [7, 11) is 0. The molecule has 1 fully saturated rings. The van der Waals surface area contributed by atoms with Gasteiger partial charge in [-0.05, 0) is 56.0 Å². The van der Waals surface area contributed by atoms with E-state index in [1.807, 2.05) is 0 Å². The molecule has 1 aromatic carbocycles. The zero-order valence-electron chi connectivity index (χ0n) is 12.4. The molecule has 2 rings (SSSR count). The molecule has 0 unspecified atom stereocenters. The maximum absolute atomic E-state index is 11.6. The number of hydrogen-bond acceptors (Lipinski definition) is 4. The van der Waals surface area contributed by atoms with Crippen LogP contribution in [0.15, 0.2) is 24.3 Å². The van der Waals surface area contributed by atoms with E-state index in [0.717, 1.165) is 37.9 Å². The lowest BCUT2D eigenvalue weighted by Gasteiger charge is -2.22. The number of benzene rings is 1. The molecule has 0 atom stereocenters. The monoisotopic (exact) mass is 324 g/mol. The summed E-state index contributed by atoms with van der Waals surface area (Å²) >= 11 is 5.78. The summed E-state index contributed by atoms with van der Waals surface area (Å²) in [6.07, 6.45) is 3.01. The van der Waals surface area contributed by atoms with E-state index < -0.39 is 11.9 Å². The van der Waals surface area contributed by atoms with Crippen molar-refractivity contribution >= 4 is 23.5 Å². The predicted octanol–water partition coefficient (Wildman–Crippen LogP) is 1.89. The van der Waals surface area contributed by atoms with Gasteiger partial charge in [-0.2, -0.15) is 0 Å². The third-order valence-electron chi connectivity index (χ3n) is 3.77. The van der Waals surface area contributed by atoms with Gasteiger partial charge in [0.1, 0.15) is 0 Å². The molecule has 0 aliphatic carbocycles. The first-order valence-electron chi connectivity index (χ1n) is 7.55. The quantitative estimate of drug-likeness (QED) is 0.641. The van der Waals surface area contributed by atoms with E-state index in [1.165, 1.54) is 0 Å². The van der Waals surface area contributed by atoms with Crippen LogP contribution in [0.3, 0.4) is 0 Å². The fourth-order valence-electron chi connectivity index (χ4n) is 2.41. The molecule has 1 aromatic rings. The highest BCUT2D eigenvalue weighted by Gasteiger charge is 2.17. The minimum absolute atomic E-state index is 0.277. The maximum atomic E-state index is 11.6. The number of rotatable bonds is 5. The van der Waals surface area contributed by atoms with Crippen molar-refractivity contribution in [2.45, 2.75) is 25.8 Å². The molecule has 1 saturated heterocycles. The molecule has 1 aliphatic rings. The molecule has 22 heavy (non-hydrogen) atoms. The molecule has 5 nitrogen and oxygen atoms in total. The van der Waals surface area contributed by atoms with Gasteiger partial charge in [-0.25, -0.2) is 4.79 Å². The third-order valence-corrected chi connectivity index (χ3v) is 4.02. The lowest BCUT2D eigenvalue weighted by molar-refractivity contribution is -0.155. The zero-order valence-corrected chi connectivity index (χ0v) is 13.2. The number of piperidine rings is 1. The van der Waals surface area contributed by atoms with Crippen molar-refractivity contribution in [3.05, 3.63) is 34.9 Å². The summed E-state index contributed by atoms with van der Waals surface area (Å²) in [5, 5.41) is 6.46. The van der Waals surface area contributed by atoms with Crippen molar-refractivity contribution in [3.63, 3.8) is 0 Å². The lowest BCUT2D eigenvalue weighted by atomic mass is 9.95. The molecule has 2 N–H and O–H groups in total. The van der Waals surface area contributed by atoms with Crippen molar-refractivity contribution in [2.75, 3.05) is 19.7 Å². The highest BCUT2D eigenvalue weighted by atomic mass is 35.5. The second kappa shape index (κ2) is 8.76. The van der Waals surface area contributed by atoms with Crippen LogP contribution in [0.4, 0.5) is 0 Å². The van der Waals surface area contributed by atoms with Gasteiger partial charge >= 0.3 is 11.9 Å². The fourth-order valence-corrected chi connectivity index (χ4v) is 2.54. The van der Waals surface area contributed by atoms with Crippen molar-refractivity contribution in [1.29, 1.82) is 0 Å². The Morgan fingerprint density at radius 2 is 1.91 bits per heavy atom. The summed E-state index contributed by atoms with van der Waals surface area (Å²) in [6.45, 7) is 2.61. The normalized spacial score (nSPS) is 15.3. The first-order valence-corrected chi connectivity index (χ1v) is 7.93. The van der Waals surface area contributed by atoms with Crippen LogP contribution in [-0.4, -0.2) is 31.6 Å². The first-order chi connectivity index (χ1) is 10.6. The Morgan fingerprint density at radius 3 is 2.59 bits per heavy atom. The SMILES string of the molecule is O=C(NCc1ccc(Cl)cc1)C(=O)OCCC1CCNCC1. The minimum Gasteiger partial charge on any atom is -0.459 e. The summed E-state index contributed by atoms with van der Waals surface area (Å²) in [6, 6.07) is 7.07. The molecule has 0 aromatic heterocycles. The Balaban J connectivity index is 1.63. The van der Waals surface area contributed by atoms with Crippen LogP contribution in [0.1, 0.15) is 24.8 Å². The summed E-state index contributed by atoms with van der Waals surface area (Å²) < 4.78 is 5.02. The van der Waals surface area contributed by atoms with Crippen molar-refractivity contribution < 1.29 is 14.3 Å². The van der Waals surface area contributed by atoms with Crippen LogP contribution in [0.2, 0.25) is 5.02 Å². The van der Waals surface area contributed by atoms with E-state index in [4.69, 9.17) is 16.3 Å². The molecule has 1 aliphatic heterocycles. The average molecular weight is 325 g/mol. The summed E-state index contributed by atoms with van der Waals surface area (Å²) in [4.78, 5) is 23.2. The van der Waals surface area contributed by atoms with Gasteiger partial charge in [0.05, 0.1) is 6.61 Å². The van der Waals surface area contributed by atoms with Crippen molar-refractivity contribution in [2.24, 2.45) is 5.92 Å². The highest BCUT2D eigenvalue weighted by Crippen LogP contribution is 2.15. The van der Waals surface area contributed by atoms with Gasteiger partial charge in [-0.15, -0.1) is 0 Å². The van der Waals surface area contributed by atoms with E-state index in [2.05, 4.69) is 10.6 Å². The Hall–Kier alpha value is -1.59. The zero-order chi connectivity index (χ0) is 15.8. The molecular formula is C16H21ClN2O3. The molecule has 0 radical (unpaired) electrons. The number of esters is 1. The largest absolute Gasteiger partial charge is 0.459 e. The molecule has 1 heterocycles. The van der Waals surface area contributed by atoms with Gasteiger partial charge in [0.2, 0.25) is 0 Å². The van der Waals surface area contributed by atoms with Crippen molar-refractivity contribution in [1.82, 2.24) is 10.6 Å². The number of carbonyl (C=O) groups is 2. The molecule has 6 heteroatoms. The first kappa shape index (κ1) is 16.8. The smallest absolute Gasteiger partial charge is 0.396 e. The average Bonchev–Trinajstić information content (AvgIpc) is 2.55. The van der Waals surface area contributed by atoms with E-state index >= 15 is 0 Å². The number of halogens is 1. The maximum Gasteiger partial charge on any atom is 0.396 e. The van der Waals surface area contributed by atoms with Crippen LogP contribution >= 0.6 is 11.6 Å². The second-order valence-electron chi connectivity index (χ2n) is 5.43. The number of carbonyl (C=O) groups excluding carboxylic acids is 2. The Morgan fingerprint density at radius 1 is 1.23 bits per heavy atom. The van der Waals surface area contributed by atoms with Gasteiger partial charge in [0.25, 0.3) is 0 Å². The van der Waals surface area contributed by atoms with Gasteiger partial charge in [0.15, 0.2) is 0 Å². The second-order valence-corrected chi connectivity index (χ2v) is 5.86. The Kier molecular flexibility index (Phi) is 6.68. The predicted molar refractivity (Wildman–Crippen MR) is 84.5 cm³/mol. The lowest BCUT2D eigenvalue weighted by Crippen LogP contribution is -2.33.